The molecule has 0 aromatic carbocycles. The van der Waals surface area contributed by atoms with Crippen molar-refractivity contribution in [3.8, 4) is 0 Å². The molecule has 3 rings (SSSR count). The summed E-state index contributed by atoms with van der Waals surface area (Å²) in [6, 6.07) is 0.896. The lowest BCUT2D eigenvalue weighted by Crippen LogP contribution is -2.46. The lowest BCUT2D eigenvalue weighted by molar-refractivity contribution is 0.251. The number of thioether (sulfide) groups is 1. The van der Waals surface area contributed by atoms with Crippen LogP contribution in [0.5, 0.6) is 0 Å². The molecule has 2 aliphatic rings. The minimum absolute atomic E-state index is 0.0446. The Morgan fingerprint density at radius 2 is 2.14 bits per heavy atom. The predicted octanol–water partition coefficient (Wildman–Crippen LogP) is 2.41. The number of aromatic amines is 1. The normalized spacial score (nSPS) is 33.3. The molecule has 118 valence electrons. The molecule has 2 fully saturated rings. The van der Waals surface area contributed by atoms with Crippen LogP contribution in [-0.4, -0.2) is 32.6 Å². The van der Waals surface area contributed by atoms with Crippen LogP contribution >= 0.6 is 11.8 Å². The Balaban J connectivity index is 1.79. The average Bonchev–Trinajstić information content (AvgIpc) is 3.18. The summed E-state index contributed by atoms with van der Waals surface area (Å²) in [7, 11) is 0. The summed E-state index contributed by atoms with van der Waals surface area (Å²) in [5.74, 6) is 1.41. The van der Waals surface area contributed by atoms with Gasteiger partial charge in [-0.2, -0.15) is 0 Å². The first-order chi connectivity index (χ1) is 10.1. The molecule has 4 unspecified atom stereocenters. The van der Waals surface area contributed by atoms with E-state index in [0.717, 1.165) is 30.5 Å². The van der Waals surface area contributed by atoms with Gasteiger partial charge < -0.3 is 5.32 Å². The standard InChI is InChI=1S/C15H26N4OS/c1-4-16-12-8-9(2)7-10(3)13(12)21-15-18-17-14(20)19(15)11-5-6-11/h9-13,16H,4-8H2,1-3H3,(H,17,20). The molecule has 1 aromatic rings. The zero-order valence-electron chi connectivity index (χ0n) is 13.1. The van der Waals surface area contributed by atoms with Gasteiger partial charge in [-0.1, -0.05) is 32.5 Å². The molecule has 6 heteroatoms. The van der Waals surface area contributed by atoms with Crippen LogP contribution in [0.2, 0.25) is 0 Å². The van der Waals surface area contributed by atoms with Crippen LogP contribution in [0.1, 0.15) is 52.5 Å². The van der Waals surface area contributed by atoms with Gasteiger partial charge in [0.15, 0.2) is 5.16 Å². The van der Waals surface area contributed by atoms with Crippen molar-refractivity contribution in [2.24, 2.45) is 11.8 Å². The van der Waals surface area contributed by atoms with E-state index in [1.54, 1.807) is 11.8 Å². The minimum atomic E-state index is -0.0446. The fourth-order valence-corrected chi connectivity index (χ4v) is 5.04. The van der Waals surface area contributed by atoms with Crippen molar-refractivity contribution in [3.63, 3.8) is 0 Å². The van der Waals surface area contributed by atoms with E-state index in [-0.39, 0.29) is 5.69 Å². The summed E-state index contributed by atoms with van der Waals surface area (Å²) in [5.41, 5.74) is -0.0446. The van der Waals surface area contributed by atoms with Gasteiger partial charge in [0.2, 0.25) is 0 Å². The van der Waals surface area contributed by atoms with Crippen LogP contribution < -0.4 is 11.0 Å². The summed E-state index contributed by atoms with van der Waals surface area (Å²) in [6.07, 6.45) is 4.70. The van der Waals surface area contributed by atoms with E-state index in [1.165, 1.54) is 12.8 Å². The molecule has 2 saturated carbocycles. The molecule has 21 heavy (non-hydrogen) atoms. The van der Waals surface area contributed by atoms with E-state index in [4.69, 9.17) is 0 Å². The van der Waals surface area contributed by atoms with Crippen LogP contribution in [0, 0.1) is 11.8 Å². The molecule has 0 bridgehead atoms. The molecule has 2 aliphatic carbocycles. The number of rotatable bonds is 5. The Labute approximate surface area is 130 Å². The first kappa shape index (κ1) is 15.2. The summed E-state index contributed by atoms with van der Waals surface area (Å²) in [5, 5.41) is 11.9. The monoisotopic (exact) mass is 310 g/mol. The number of H-pyrrole nitrogens is 1. The second-order valence-electron chi connectivity index (χ2n) is 6.71. The van der Waals surface area contributed by atoms with Gasteiger partial charge in [0.25, 0.3) is 0 Å². The van der Waals surface area contributed by atoms with Crippen molar-refractivity contribution in [1.82, 2.24) is 20.1 Å². The third-order valence-corrected chi connectivity index (χ3v) is 6.24. The highest BCUT2D eigenvalue weighted by Crippen LogP contribution is 2.41. The Morgan fingerprint density at radius 3 is 2.81 bits per heavy atom. The third kappa shape index (κ3) is 3.21. The zero-order chi connectivity index (χ0) is 15.0. The van der Waals surface area contributed by atoms with E-state index < -0.39 is 0 Å². The maximum absolute atomic E-state index is 11.9. The number of hydrogen-bond donors (Lipinski definition) is 2. The molecule has 0 spiro atoms. The quantitative estimate of drug-likeness (QED) is 0.877. The maximum atomic E-state index is 11.9. The van der Waals surface area contributed by atoms with Crippen molar-refractivity contribution >= 4 is 11.8 Å². The number of nitrogens with one attached hydrogen (secondary N) is 2. The van der Waals surface area contributed by atoms with Crippen LogP contribution in [0.3, 0.4) is 0 Å². The van der Waals surface area contributed by atoms with Crippen molar-refractivity contribution < 1.29 is 0 Å². The summed E-state index contributed by atoms with van der Waals surface area (Å²) in [4.78, 5) is 11.9. The molecule has 5 nitrogen and oxygen atoms in total. The largest absolute Gasteiger partial charge is 0.344 e. The van der Waals surface area contributed by atoms with Crippen molar-refractivity contribution in [2.75, 3.05) is 6.54 Å². The van der Waals surface area contributed by atoms with Gasteiger partial charge in [-0.05, 0) is 44.1 Å². The molecule has 1 aromatic heterocycles. The minimum Gasteiger partial charge on any atom is -0.313 e. The van der Waals surface area contributed by atoms with E-state index in [1.807, 2.05) is 4.57 Å². The molecule has 1 heterocycles. The summed E-state index contributed by atoms with van der Waals surface area (Å²) >= 11 is 1.80. The molecule has 0 amide bonds. The molecule has 0 aliphatic heterocycles. The van der Waals surface area contributed by atoms with Crippen molar-refractivity contribution in [1.29, 1.82) is 0 Å². The predicted molar refractivity (Wildman–Crippen MR) is 85.8 cm³/mol. The second-order valence-corrected chi connectivity index (χ2v) is 7.86. The Bertz CT molecular complexity index is 536. The van der Waals surface area contributed by atoms with Gasteiger partial charge in [0.05, 0.1) is 0 Å². The smallest absolute Gasteiger partial charge is 0.313 e. The first-order valence-electron chi connectivity index (χ1n) is 8.17. The van der Waals surface area contributed by atoms with Gasteiger partial charge in [0.1, 0.15) is 0 Å². The molecule has 4 atom stereocenters. The lowest BCUT2D eigenvalue weighted by atomic mass is 9.80. The summed E-state index contributed by atoms with van der Waals surface area (Å²) in [6.45, 7) is 7.85. The molecule has 0 radical (unpaired) electrons. The lowest BCUT2D eigenvalue weighted by Gasteiger charge is -2.39. The zero-order valence-corrected chi connectivity index (χ0v) is 13.9. The van der Waals surface area contributed by atoms with Crippen LogP contribution in [0.15, 0.2) is 9.95 Å². The topological polar surface area (TPSA) is 62.7 Å². The highest BCUT2D eigenvalue weighted by Gasteiger charge is 2.37. The van der Waals surface area contributed by atoms with Gasteiger partial charge >= 0.3 is 5.69 Å². The van der Waals surface area contributed by atoms with Crippen LogP contribution in [0.4, 0.5) is 0 Å². The van der Waals surface area contributed by atoms with Crippen molar-refractivity contribution in [3.05, 3.63) is 10.5 Å². The first-order valence-corrected chi connectivity index (χ1v) is 9.05. The van der Waals surface area contributed by atoms with E-state index in [0.29, 0.717) is 23.3 Å². The van der Waals surface area contributed by atoms with Gasteiger partial charge in [-0.25, -0.2) is 9.89 Å². The molecule has 0 saturated heterocycles. The fraction of sp³-hybridized carbons (Fsp3) is 0.867. The summed E-state index contributed by atoms with van der Waals surface area (Å²) < 4.78 is 1.87. The maximum Gasteiger partial charge on any atom is 0.344 e. The highest BCUT2D eigenvalue weighted by atomic mass is 32.2. The fourth-order valence-electron chi connectivity index (χ4n) is 3.64. The third-order valence-electron chi connectivity index (χ3n) is 4.68. The van der Waals surface area contributed by atoms with E-state index in [2.05, 4.69) is 36.3 Å². The van der Waals surface area contributed by atoms with Gasteiger partial charge in [-0.15, -0.1) is 5.10 Å². The van der Waals surface area contributed by atoms with Crippen LogP contribution in [-0.2, 0) is 0 Å². The average molecular weight is 310 g/mol. The molecular weight excluding hydrogens is 284 g/mol. The van der Waals surface area contributed by atoms with Crippen molar-refractivity contribution in [2.45, 2.75) is 68.9 Å². The molecule has 2 N–H and O–H groups in total. The number of aromatic nitrogens is 3. The Kier molecular flexibility index (Phi) is 4.45. The van der Waals surface area contributed by atoms with E-state index in [9.17, 15) is 4.79 Å². The molecular formula is C15H26N4OS. The number of nitrogens with zero attached hydrogens (tertiary/aromatic N) is 2. The SMILES string of the molecule is CCNC1CC(C)CC(C)C1Sc1n[nH]c(=O)n1C1CC1. The second kappa shape index (κ2) is 6.16. The van der Waals surface area contributed by atoms with Crippen LogP contribution in [0.25, 0.3) is 0 Å². The highest BCUT2D eigenvalue weighted by molar-refractivity contribution is 7.99. The number of hydrogen-bond acceptors (Lipinski definition) is 4. The van der Waals surface area contributed by atoms with E-state index >= 15 is 0 Å². The van der Waals surface area contributed by atoms with Gasteiger partial charge in [-0.3, -0.25) is 4.57 Å². The van der Waals surface area contributed by atoms with Gasteiger partial charge in [0, 0.05) is 17.3 Å². The Hall–Kier alpha value is -0.750. The Morgan fingerprint density at radius 1 is 1.38 bits per heavy atom.